The van der Waals surface area contributed by atoms with E-state index in [1.54, 1.807) is 14.2 Å². The predicted octanol–water partition coefficient (Wildman–Crippen LogP) is 1.95. The molecule has 0 saturated carbocycles. The Morgan fingerprint density at radius 1 is 1.56 bits per heavy atom. The van der Waals surface area contributed by atoms with E-state index in [-0.39, 0.29) is 16.9 Å². The lowest BCUT2D eigenvalue weighted by molar-refractivity contribution is 0.0365. The highest BCUT2D eigenvalue weighted by atomic mass is 35.5. The summed E-state index contributed by atoms with van der Waals surface area (Å²) >= 11 is 5.58. The molecule has 1 heterocycles. The van der Waals surface area contributed by atoms with Crippen molar-refractivity contribution >= 4 is 17.4 Å². The first-order valence-corrected chi connectivity index (χ1v) is 5.11. The molecule has 0 saturated heterocycles. The van der Waals surface area contributed by atoms with Crippen LogP contribution in [0.3, 0.4) is 0 Å². The van der Waals surface area contributed by atoms with Crippen LogP contribution in [0.1, 0.15) is 0 Å². The Labute approximate surface area is 98.7 Å². The van der Waals surface area contributed by atoms with Gasteiger partial charge in [0.1, 0.15) is 0 Å². The summed E-state index contributed by atoms with van der Waals surface area (Å²) in [5.41, 5.74) is 0. The molecular formula is C10H14ClFN2O2. The number of pyridine rings is 1. The van der Waals surface area contributed by atoms with Gasteiger partial charge in [-0.1, -0.05) is 11.6 Å². The number of nitrogens with one attached hydrogen (secondary N) is 1. The molecule has 0 aliphatic rings. The Balaban J connectivity index is 2.53. The molecule has 0 fully saturated rings. The van der Waals surface area contributed by atoms with Gasteiger partial charge >= 0.3 is 0 Å². The van der Waals surface area contributed by atoms with E-state index in [0.717, 1.165) is 0 Å². The second-order valence-electron chi connectivity index (χ2n) is 3.18. The molecule has 1 aromatic heterocycles. The van der Waals surface area contributed by atoms with E-state index in [1.165, 1.54) is 12.3 Å². The van der Waals surface area contributed by atoms with Crippen LogP contribution in [0.4, 0.5) is 10.2 Å². The van der Waals surface area contributed by atoms with Gasteiger partial charge in [0.05, 0.1) is 17.7 Å². The quantitative estimate of drug-likeness (QED) is 0.836. The summed E-state index contributed by atoms with van der Waals surface area (Å²) in [6, 6.07) is 1.20. The normalized spacial score (nSPS) is 12.5. The average molecular weight is 249 g/mol. The Morgan fingerprint density at radius 2 is 2.31 bits per heavy atom. The monoisotopic (exact) mass is 248 g/mol. The summed E-state index contributed by atoms with van der Waals surface area (Å²) in [5, 5.41) is 3.09. The first kappa shape index (κ1) is 13.2. The summed E-state index contributed by atoms with van der Waals surface area (Å²) in [7, 11) is 3.14. The molecule has 6 heteroatoms. The zero-order valence-corrected chi connectivity index (χ0v) is 9.92. The van der Waals surface area contributed by atoms with E-state index >= 15 is 0 Å². The van der Waals surface area contributed by atoms with Crippen molar-refractivity contribution in [2.24, 2.45) is 0 Å². The molecule has 0 radical (unpaired) electrons. The van der Waals surface area contributed by atoms with E-state index < -0.39 is 5.82 Å². The van der Waals surface area contributed by atoms with Gasteiger partial charge in [-0.3, -0.25) is 0 Å². The third-order valence-electron chi connectivity index (χ3n) is 1.99. The fourth-order valence-corrected chi connectivity index (χ4v) is 1.30. The number of aromatic nitrogens is 1. The lowest BCUT2D eigenvalue weighted by Gasteiger charge is -2.15. The van der Waals surface area contributed by atoms with Gasteiger partial charge in [0, 0.05) is 27.0 Å². The van der Waals surface area contributed by atoms with Crippen LogP contribution in [-0.2, 0) is 9.47 Å². The van der Waals surface area contributed by atoms with Crippen LogP contribution >= 0.6 is 11.6 Å². The smallest absolute Gasteiger partial charge is 0.166 e. The average Bonchev–Trinajstić information content (AvgIpc) is 2.26. The van der Waals surface area contributed by atoms with E-state index in [2.05, 4.69) is 10.3 Å². The maximum absolute atomic E-state index is 13.3. The van der Waals surface area contributed by atoms with Crippen LogP contribution in [0.5, 0.6) is 0 Å². The van der Waals surface area contributed by atoms with Gasteiger partial charge in [-0.25, -0.2) is 9.37 Å². The Morgan fingerprint density at radius 3 is 2.88 bits per heavy atom. The molecule has 0 aliphatic carbocycles. The molecule has 0 bridgehead atoms. The van der Waals surface area contributed by atoms with Gasteiger partial charge in [0.25, 0.3) is 0 Å². The third-order valence-corrected chi connectivity index (χ3v) is 2.20. The van der Waals surface area contributed by atoms with E-state index in [0.29, 0.717) is 13.2 Å². The number of anilines is 1. The fourth-order valence-electron chi connectivity index (χ4n) is 1.15. The standard InChI is InChI=1S/C10H14ClFN2O2/c1-15-6-8(16-2)5-14-10-9(12)3-7(11)4-13-10/h3-4,8H,5-6H2,1-2H3,(H,13,14). The molecule has 0 spiro atoms. The first-order chi connectivity index (χ1) is 7.67. The van der Waals surface area contributed by atoms with Crippen molar-refractivity contribution in [2.75, 3.05) is 32.7 Å². The van der Waals surface area contributed by atoms with Crippen molar-refractivity contribution in [1.82, 2.24) is 4.98 Å². The molecular weight excluding hydrogens is 235 g/mol. The zero-order chi connectivity index (χ0) is 12.0. The Bertz CT molecular complexity index is 339. The number of rotatable bonds is 6. The van der Waals surface area contributed by atoms with Crippen LogP contribution in [0.2, 0.25) is 5.02 Å². The van der Waals surface area contributed by atoms with Crippen molar-refractivity contribution in [3.63, 3.8) is 0 Å². The summed E-state index contributed by atoms with van der Waals surface area (Å²) in [6.45, 7) is 0.842. The van der Waals surface area contributed by atoms with Crippen molar-refractivity contribution in [3.8, 4) is 0 Å². The molecule has 1 atom stereocenters. The molecule has 1 aromatic rings. The largest absolute Gasteiger partial charge is 0.382 e. The molecule has 90 valence electrons. The molecule has 0 amide bonds. The first-order valence-electron chi connectivity index (χ1n) is 4.74. The van der Waals surface area contributed by atoms with Crippen LogP contribution in [0.15, 0.2) is 12.3 Å². The van der Waals surface area contributed by atoms with Crippen molar-refractivity contribution in [1.29, 1.82) is 0 Å². The molecule has 1 rings (SSSR count). The fraction of sp³-hybridized carbons (Fsp3) is 0.500. The van der Waals surface area contributed by atoms with Crippen molar-refractivity contribution in [2.45, 2.75) is 6.10 Å². The van der Waals surface area contributed by atoms with Crippen LogP contribution in [0, 0.1) is 5.82 Å². The highest BCUT2D eigenvalue weighted by molar-refractivity contribution is 6.30. The number of nitrogens with zero attached hydrogens (tertiary/aromatic N) is 1. The minimum Gasteiger partial charge on any atom is -0.382 e. The lowest BCUT2D eigenvalue weighted by Crippen LogP contribution is -2.27. The molecule has 16 heavy (non-hydrogen) atoms. The molecule has 1 unspecified atom stereocenters. The number of halogens is 2. The second-order valence-corrected chi connectivity index (χ2v) is 3.61. The number of hydrogen-bond acceptors (Lipinski definition) is 4. The minimum atomic E-state index is -0.486. The maximum atomic E-state index is 13.3. The van der Waals surface area contributed by atoms with Crippen molar-refractivity contribution in [3.05, 3.63) is 23.1 Å². The maximum Gasteiger partial charge on any atom is 0.166 e. The minimum absolute atomic E-state index is 0.151. The van der Waals surface area contributed by atoms with Crippen LogP contribution < -0.4 is 5.32 Å². The number of hydrogen-bond donors (Lipinski definition) is 1. The molecule has 0 aromatic carbocycles. The van der Waals surface area contributed by atoms with E-state index in [1.807, 2.05) is 0 Å². The Kier molecular flexibility index (Phi) is 5.45. The third kappa shape index (κ3) is 3.92. The van der Waals surface area contributed by atoms with Gasteiger partial charge in [0.2, 0.25) is 0 Å². The second kappa shape index (κ2) is 6.62. The van der Waals surface area contributed by atoms with Crippen molar-refractivity contribution < 1.29 is 13.9 Å². The zero-order valence-electron chi connectivity index (χ0n) is 9.17. The molecule has 0 aliphatic heterocycles. The summed E-state index contributed by atoms with van der Waals surface area (Å²) in [5.74, 6) is -0.331. The summed E-state index contributed by atoms with van der Waals surface area (Å²) < 4.78 is 23.4. The van der Waals surface area contributed by atoms with Gasteiger partial charge in [-0.15, -0.1) is 0 Å². The topological polar surface area (TPSA) is 43.4 Å². The van der Waals surface area contributed by atoms with E-state index in [4.69, 9.17) is 21.1 Å². The summed E-state index contributed by atoms with van der Waals surface area (Å²) in [6.07, 6.45) is 1.23. The summed E-state index contributed by atoms with van der Waals surface area (Å²) in [4.78, 5) is 3.83. The molecule has 4 nitrogen and oxygen atoms in total. The highest BCUT2D eigenvalue weighted by Crippen LogP contribution is 2.15. The van der Waals surface area contributed by atoms with Gasteiger partial charge in [-0.2, -0.15) is 0 Å². The number of methoxy groups -OCH3 is 2. The predicted molar refractivity (Wildman–Crippen MR) is 60.4 cm³/mol. The van der Waals surface area contributed by atoms with Gasteiger partial charge in [0.15, 0.2) is 11.6 Å². The highest BCUT2D eigenvalue weighted by Gasteiger charge is 2.09. The Hall–Kier alpha value is -0.910. The molecule has 1 N–H and O–H groups in total. The van der Waals surface area contributed by atoms with Gasteiger partial charge in [-0.05, 0) is 6.07 Å². The van der Waals surface area contributed by atoms with Crippen LogP contribution in [-0.4, -0.2) is 38.5 Å². The number of ether oxygens (including phenoxy) is 2. The SMILES string of the molecule is COCC(CNc1ncc(Cl)cc1F)OC. The van der Waals surface area contributed by atoms with Gasteiger partial charge < -0.3 is 14.8 Å². The van der Waals surface area contributed by atoms with E-state index in [9.17, 15) is 4.39 Å². The lowest BCUT2D eigenvalue weighted by atomic mass is 10.3. The van der Waals surface area contributed by atoms with Crippen LogP contribution in [0.25, 0.3) is 0 Å².